The number of nitrogens with two attached hydrogens (primary N) is 2. The first-order valence-corrected chi connectivity index (χ1v) is 11.6. The Hall–Kier alpha value is -4.01. The Morgan fingerprint density at radius 1 is 1.09 bits per heavy atom. The third-order valence-electron chi connectivity index (χ3n) is 5.96. The number of primary amides is 2. The van der Waals surface area contributed by atoms with Gasteiger partial charge < -0.3 is 21.2 Å². The number of nitrogens with one attached hydrogen (secondary N) is 2. The molecule has 0 saturated heterocycles. The maximum absolute atomic E-state index is 12.9. The Morgan fingerprint density at radius 2 is 1.77 bits per heavy atom. The van der Waals surface area contributed by atoms with Crippen molar-refractivity contribution in [2.75, 3.05) is 5.32 Å². The molecule has 0 spiro atoms. The lowest BCUT2D eigenvalue weighted by Crippen LogP contribution is -2.39. The van der Waals surface area contributed by atoms with Crippen molar-refractivity contribution in [1.82, 2.24) is 9.88 Å². The first-order chi connectivity index (χ1) is 16.4. The molecule has 0 aliphatic heterocycles. The number of hydrogen-bond donors (Lipinski definition) is 4. The van der Waals surface area contributed by atoms with Gasteiger partial charge in [-0.1, -0.05) is 30.3 Å². The minimum absolute atomic E-state index is 0.164. The van der Waals surface area contributed by atoms with Gasteiger partial charge in [0.05, 0.1) is 11.6 Å². The van der Waals surface area contributed by atoms with Crippen LogP contribution in [0, 0.1) is 0 Å². The number of ether oxygens (including phenoxy) is 1. The monoisotopic (exact) mass is 477 g/mol. The molecule has 1 aliphatic rings. The van der Waals surface area contributed by atoms with Crippen LogP contribution >= 0.6 is 0 Å². The quantitative estimate of drug-likeness (QED) is 0.401. The lowest BCUT2D eigenvalue weighted by atomic mass is 9.98. The fraction of sp³-hybridized carbons (Fsp3) is 0.346. The van der Waals surface area contributed by atoms with Gasteiger partial charge in [0.15, 0.2) is 0 Å². The number of aromatic nitrogens is 1. The van der Waals surface area contributed by atoms with Crippen LogP contribution in [0.3, 0.4) is 0 Å². The van der Waals surface area contributed by atoms with E-state index in [-0.39, 0.29) is 29.6 Å². The molecule has 1 aromatic heterocycles. The van der Waals surface area contributed by atoms with Crippen LogP contribution in [0.15, 0.2) is 42.5 Å². The maximum atomic E-state index is 12.9. The summed E-state index contributed by atoms with van der Waals surface area (Å²) in [5.41, 5.74) is 13.8. The van der Waals surface area contributed by atoms with Crippen molar-refractivity contribution < 1.29 is 19.1 Å². The lowest BCUT2D eigenvalue weighted by Gasteiger charge is -2.32. The van der Waals surface area contributed by atoms with Crippen LogP contribution in [-0.4, -0.2) is 39.6 Å². The fourth-order valence-electron chi connectivity index (χ4n) is 4.28. The minimum Gasteiger partial charge on any atom is -0.444 e. The number of fused-ring (bicyclic) bond motifs is 1. The zero-order valence-electron chi connectivity index (χ0n) is 20.3. The van der Waals surface area contributed by atoms with Crippen LogP contribution in [-0.2, 0) is 4.74 Å². The first kappa shape index (κ1) is 24.1. The normalized spacial score (nSPS) is 14.4. The summed E-state index contributed by atoms with van der Waals surface area (Å²) in [6.45, 7) is 7.61. The van der Waals surface area contributed by atoms with Crippen molar-refractivity contribution in [3.05, 3.63) is 53.6 Å². The fourth-order valence-corrected chi connectivity index (χ4v) is 4.28. The predicted octanol–water partition coefficient (Wildman–Crippen LogP) is 4.88. The number of nitrogens with zero attached hydrogens (tertiary/aromatic N) is 1. The predicted molar refractivity (Wildman–Crippen MR) is 135 cm³/mol. The molecule has 1 atom stereocenters. The number of benzene rings is 2. The molecule has 9 heteroatoms. The number of carbonyl (C=O) groups is 3. The summed E-state index contributed by atoms with van der Waals surface area (Å²) in [6.07, 6.45) is 1.63. The molecule has 4 rings (SSSR count). The van der Waals surface area contributed by atoms with Gasteiger partial charge in [-0.05, 0) is 69.4 Å². The van der Waals surface area contributed by atoms with E-state index in [0.29, 0.717) is 10.9 Å². The molecular weight excluding hydrogens is 446 g/mol. The summed E-state index contributed by atoms with van der Waals surface area (Å²) in [6, 6.07) is 12.7. The van der Waals surface area contributed by atoms with Crippen molar-refractivity contribution in [2.45, 2.75) is 58.2 Å². The van der Waals surface area contributed by atoms with Gasteiger partial charge in [-0.2, -0.15) is 0 Å². The molecule has 3 aromatic rings. The highest BCUT2D eigenvalue weighted by Gasteiger charge is 2.38. The molecule has 1 unspecified atom stereocenters. The summed E-state index contributed by atoms with van der Waals surface area (Å²) in [5, 5.41) is 3.00. The number of hydrogen-bond acceptors (Lipinski definition) is 4. The Morgan fingerprint density at radius 3 is 2.37 bits per heavy atom. The van der Waals surface area contributed by atoms with Crippen molar-refractivity contribution in [1.29, 1.82) is 0 Å². The van der Waals surface area contributed by atoms with E-state index < -0.39 is 17.5 Å². The standard InChI is InChI=1S/C26H31N5O4/c1-14(31(18-9-10-18)25(34)35-26(2,3)4)15-6-5-7-16(12-15)17-8-11-19-20(13-17)29-23(30-24(28)33)21(19)22(27)32/h5-8,11-14,18,29H,9-10H2,1-4H3,(H2,27,32)(H3,28,30,33). The highest BCUT2D eigenvalue weighted by atomic mass is 16.6. The van der Waals surface area contributed by atoms with Gasteiger partial charge in [-0.25, -0.2) is 9.59 Å². The topological polar surface area (TPSA) is 144 Å². The second kappa shape index (κ2) is 8.98. The highest BCUT2D eigenvalue weighted by Crippen LogP contribution is 2.37. The van der Waals surface area contributed by atoms with E-state index in [1.165, 1.54) is 0 Å². The largest absolute Gasteiger partial charge is 0.444 e. The van der Waals surface area contributed by atoms with Crippen molar-refractivity contribution in [3.8, 4) is 11.1 Å². The van der Waals surface area contributed by atoms with Crippen molar-refractivity contribution in [3.63, 3.8) is 0 Å². The average molecular weight is 478 g/mol. The van der Waals surface area contributed by atoms with Gasteiger partial charge in [0.25, 0.3) is 5.91 Å². The molecule has 0 radical (unpaired) electrons. The van der Waals surface area contributed by atoms with Gasteiger partial charge in [-0.15, -0.1) is 0 Å². The highest BCUT2D eigenvalue weighted by molar-refractivity contribution is 6.13. The molecule has 1 fully saturated rings. The summed E-state index contributed by atoms with van der Waals surface area (Å²) in [7, 11) is 0. The van der Waals surface area contributed by atoms with Crippen LogP contribution in [0.1, 0.15) is 62.5 Å². The van der Waals surface area contributed by atoms with Crippen LogP contribution in [0.5, 0.6) is 0 Å². The van der Waals surface area contributed by atoms with Gasteiger partial charge in [0, 0.05) is 16.9 Å². The van der Waals surface area contributed by atoms with E-state index in [0.717, 1.165) is 29.5 Å². The third-order valence-corrected chi connectivity index (χ3v) is 5.96. The van der Waals surface area contributed by atoms with Crippen molar-refractivity contribution in [2.24, 2.45) is 11.5 Å². The van der Waals surface area contributed by atoms with Crippen LogP contribution in [0.25, 0.3) is 22.0 Å². The number of urea groups is 1. The third kappa shape index (κ3) is 5.24. The Bertz CT molecular complexity index is 1300. The number of carbonyl (C=O) groups excluding carboxylic acids is 3. The Balaban J connectivity index is 1.67. The Labute approximate surface area is 203 Å². The summed E-state index contributed by atoms with van der Waals surface area (Å²) < 4.78 is 5.67. The van der Waals surface area contributed by atoms with Crippen LogP contribution < -0.4 is 16.8 Å². The van der Waals surface area contributed by atoms with Gasteiger partial charge in [0.2, 0.25) is 0 Å². The molecule has 6 N–H and O–H groups in total. The van der Waals surface area contributed by atoms with E-state index in [9.17, 15) is 14.4 Å². The number of aromatic amines is 1. The average Bonchev–Trinajstić information content (AvgIpc) is 3.51. The Kier molecular flexibility index (Phi) is 6.19. The summed E-state index contributed by atoms with van der Waals surface area (Å²) in [4.78, 5) is 41.1. The molecule has 1 saturated carbocycles. The van der Waals surface area contributed by atoms with E-state index in [4.69, 9.17) is 16.2 Å². The lowest BCUT2D eigenvalue weighted by molar-refractivity contribution is 0.0153. The van der Waals surface area contributed by atoms with E-state index in [1.54, 1.807) is 6.07 Å². The smallest absolute Gasteiger partial charge is 0.411 e. The minimum atomic E-state index is -0.800. The van der Waals surface area contributed by atoms with Crippen LogP contribution in [0.4, 0.5) is 15.4 Å². The molecule has 35 heavy (non-hydrogen) atoms. The molecule has 184 valence electrons. The molecular formula is C26H31N5O4. The van der Waals surface area contributed by atoms with E-state index in [1.807, 2.05) is 69.0 Å². The first-order valence-electron chi connectivity index (χ1n) is 11.6. The van der Waals surface area contributed by atoms with Crippen molar-refractivity contribution >= 4 is 34.8 Å². The van der Waals surface area contributed by atoms with E-state index in [2.05, 4.69) is 10.3 Å². The second-order valence-corrected chi connectivity index (χ2v) is 9.91. The summed E-state index contributed by atoms with van der Waals surface area (Å²) in [5.74, 6) is -0.511. The second-order valence-electron chi connectivity index (χ2n) is 9.91. The molecule has 4 amide bonds. The number of rotatable bonds is 6. The zero-order chi connectivity index (χ0) is 25.5. The molecule has 2 aromatic carbocycles. The van der Waals surface area contributed by atoms with Gasteiger partial charge >= 0.3 is 12.1 Å². The molecule has 1 aliphatic carbocycles. The van der Waals surface area contributed by atoms with Gasteiger partial charge in [0.1, 0.15) is 11.4 Å². The molecule has 9 nitrogen and oxygen atoms in total. The zero-order valence-corrected chi connectivity index (χ0v) is 20.3. The number of anilines is 1. The van der Waals surface area contributed by atoms with Gasteiger partial charge in [-0.3, -0.25) is 15.0 Å². The van der Waals surface area contributed by atoms with Crippen LogP contribution in [0.2, 0.25) is 0 Å². The molecule has 1 heterocycles. The SMILES string of the molecule is CC(c1cccc(-c2ccc3c(C(N)=O)c(NC(N)=O)[nH]c3c2)c1)N(C(=O)OC(C)(C)C)C1CC1. The molecule has 0 bridgehead atoms. The van der Waals surface area contributed by atoms with E-state index >= 15 is 0 Å². The summed E-state index contributed by atoms with van der Waals surface area (Å²) >= 11 is 0. The maximum Gasteiger partial charge on any atom is 0.411 e. The number of H-pyrrole nitrogens is 1. The number of amides is 4.